The molecule has 0 aromatic heterocycles. The monoisotopic (exact) mass is 256 g/mol. The van der Waals surface area contributed by atoms with E-state index in [-0.39, 0.29) is 0 Å². The van der Waals surface area contributed by atoms with Crippen LogP contribution in [0.3, 0.4) is 0 Å². The van der Waals surface area contributed by atoms with Gasteiger partial charge in [-0.25, -0.2) is 0 Å². The molecule has 0 aliphatic carbocycles. The lowest BCUT2D eigenvalue weighted by atomic mass is 10.1. The van der Waals surface area contributed by atoms with Crippen LogP contribution in [-0.2, 0) is 0 Å². The highest BCUT2D eigenvalue weighted by atomic mass is 32.2. The summed E-state index contributed by atoms with van der Waals surface area (Å²) in [6, 6.07) is 1.62. The third-order valence-corrected chi connectivity index (χ3v) is 5.45. The molecule has 0 saturated carbocycles. The topological polar surface area (TPSA) is 15.3 Å². The Morgan fingerprint density at radius 2 is 2.29 bits per heavy atom. The first kappa shape index (κ1) is 13.7. The predicted octanol–water partition coefficient (Wildman–Crippen LogP) is 2.73. The number of nitrogens with zero attached hydrogens (tertiary/aromatic N) is 1. The smallest absolute Gasteiger partial charge is 0.0197 e. The van der Waals surface area contributed by atoms with Crippen molar-refractivity contribution in [3.8, 4) is 0 Å². The van der Waals surface area contributed by atoms with E-state index in [2.05, 4.69) is 35.8 Å². The van der Waals surface area contributed by atoms with Gasteiger partial charge in [-0.05, 0) is 38.8 Å². The molecule has 2 heterocycles. The molecular weight excluding hydrogens is 228 g/mol. The third-order valence-electron chi connectivity index (χ3n) is 4.11. The molecule has 0 aromatic carbocycles. The molecule has 3 atom stereocenters. The van der Waals surface area contributed by atoms with Crippen LogP contribution in [0.15, 0.2) is 0 Å². The SMILES string of the molecule is CCCCN(CC1CCCN1)C1CSC(C)C1. The summed E-state index contributed by atoms with van der Waals surface area (Å²) in [6.45, 7) is 8.53. The Bertz CT molecular complexity index is 216. The summed E-state index contributed by atoms with van der Waals surface area (Å²) in [5.74, 6) is 1.36. The van der Waals surface area contributed by atoms with E-state index in [1.54, 1.807) is 0 Å². The fourth-order valence-electron chi connectivity index (χ4n) is 3.03. The van der Waals surface area contributed by atoms with Crippen LogP contribution >= 0.6 is 11.8 Å². The Morgan fingerprint density at radius 1 is 1.41 bits per heavy atom. The number of unbranched alkanes of at least 4 members (excludes halogenated alkanes) is 1. The van der Waals surface area contributed by atoms with E-state index in [1.165, 1.54) is 57.5 Å². The first-order valence-corrected chi connectivity index (χ1v) is 8.43. The van der Waals surface area contributed by atoms with E-state index in [0.717, 1.165) is 17.3 Å². The minimum absolute atomic E-state index is 0.771. The molecule has 2 saturated heterocycles. The van der Waals surface area contributed by atoms with Crippen LogP contribution < -0.4 is 5.32 Å². The summed E-state index contributed by atoms with van der Waals surface area (Å²) in [6.07, 6.45) is 6.85. The van der Waals surface area contributed by atoms with Gasteiger partial charge in [0.25, 0.3) is 0 Å². The molecule has 3 heteroatoms. The van der Waals surface area contributed by atoms with E-state index < -0.39 is 0 Å². The average Bonchev–Trinajstić information content (AvgIpc) is 2.95. The van der Waals surface area contributed by atoms with Gasteiger partial charge in [0.1, 0.15) is 0 Å². The molecule has 0 bridgehead atoms. The lowest BCUT2D eigenvalue weighted by molar-refractivity contribution is 0.188. The van der Waals surface area contributed by atoms with Gasteiger partial charge in [-0.15, -0.1) is 0 Å². The van der Waals surface area contributed by atoms with Crippen LogP contribution in [0.5, 0.6) is 0 Å². The minimum Gasteiger partial charge on any atom is -0.313 e. The van der Waals surface area contributed by atoms with Crippen molar-refractivity contribution in [1.82, 2.24) is 10.2 Å². The maximum absolute atomic E-state index is 3.65. The molecule has 0 radical (unpaired) electrons. The molecule has 100 valence electrons. The Kier molecular flexibility index (Phi) is 5.64. The summed E-state index contributed by atoms with van der Waals surface area (Å²) in [5, 5.41) is 4.53. The zero-order valence-corrected chi connectivity index (χ0v) is 12.3. The molecule has 3 unspecified atom stereocenters. The van der Waals surface area contributed by atoms with Gasteiger partial charge in [-0.2, -0.15) is 11.8 Å². The van der Waals surface area contributed by atoms with Crippen LogP contribution in [0.2, 0.25) is 0 Å². The van der Waals surface area contributed by atoms with Crippen molar-refractivity contribution in [2.24, 2.45) is 0 Å². The molecule has 2 aliphatic heterocycles. The largest absolute Gasteiger partial charge is 0.313 e. The number of nitrogens with one attached hydrogen (secondary N) is 1. The highest BCUT2D eigenvalue weighted by molar-refractivity contribution is 8.00. The van der Waals surface area contributed by atoms with Gasteiger partial charge in [-0.1, -0.05) is 20.3 Å². The maximum Gasteiger partial charge on any atom is 0.0197 e. The van der Waals surface area contributed by atoms with Crippen molar-refractivity contribution >= 4 is 11.8 Å². The highest BCUT2D eigenvalue weighted by Gasteiger charge is 2.29. The molecule has 2 fully saturated rings. The molecule has 1 N–H and O–H groups in total. The van der Waals surface area contributed by atoms with E-state index in [4.69, 9.17) is 0 Å². The van der Waals surface area contributed by atoms with Gasteiger partial charge < -0.3 is 5.32 Å². The molecule has 2 nitrogen and oxygen atoms in total. The predicted molar refractivity (Wildman–Crippen MR) is 77.8 cm³/mol. The first-order valence-electron chi connectivity index (χ1n) is 7.38. The van der Waals surface area contributed by atoms with Crippen LogP contribution in [0.4, 0.5) is 0 Å². The fourth-order valence-corrected chi connectivity index (χ4v) is 4.28. The normalized spacial score (nSPS) is 33.7. The molecule has 0 spiro atoms. The summed E-state index contributed by atoms with van der Waals surface area (Å²) < 4.78 is 0. The maximum atomic E-state index is 3.65. The van der Waals surface area contributed by atoms with Crippen molar-refractivity contribution in [3.05, 3.63) is 0 Å². The van der Waals surface area contributed by atoms with Crippen LogP contribution in [0.1, 0.15) is 46.0 Å². The lowest BCUT2D eigenvalue weighted by Crippen LogP contribution is -2.44. The highest BCUT2D eigenvalue weighted by Crippen LogP contribution is 2.30. The summed E-state index contributed by atoms with van der Waals surface area (Å²) in [7, 11) is 0. The summed E-state index contributed by atoms with van der Waals surface area (Å²) >= 11 is 2.16. The van der Waals surface area contributed by atoms with Crippen molar-refractivity contribution in [3.63, 3.8) is 0 Å². The molecule has 2 aliphatic rings. The van der Waals surface area contributed by atoms with E-state index in [0.29, 0.717) is 0 Å². The third kappa shape index (κ3) is 4.15. The molecular formula is C14H28N2S. The van der Waals surface area contributed by atoms with Crippen molar-refractivity contribution < 1.29 is 0 Å². The zero-order chi connectivity index (χ0) is 12.1. The van der Waals surface area contributed by atoms with Crippen molar-refractivity contribution in [1.29, 1.82) is 0 Å². The minimum atomic E-state index is 0.771. The van der Waals surface area contributed by atoms with Crippen molar-refractivity contribution in [2.75, 3.05) is 25.4 Å². The van der Waals surface area contributed by atoms with E-state index in [9.17, 15) is 0 Å². The second-order valence-electron chi connectivity index (χ2n) is 5.68. The zero-order valence-electron chi connectivity index (χ0n) is 11.5. The van der Waals surface area contributed by atoms with Gasteiger partial charge in [0, 0.05) is 29.6 Å². The molecule has 17 heavy (non-hydrogen) atoms. The molecule has 0 aromatic rings. The number of hydrogen-bond acceptors (Lipinski definition) is 3. The Labute approximate surface area is 111 Å². The van der Waals surface area contributed by atoms with Gasteiger partial charge in [0.2, 0.25) is 0 Å². The second kappa shape index (κ2) is 7.01. The number of hydrogen-bond donors (Lipinski definition) is 1. The molecule has 2 rings (SSSR count). The average molecular weight is 256 g/mol. The van der Waals surface area contributed by atoms with Gasteiger partial charge in [0.05, 0.1) is 0 Å². The summed E-state index contributed by atoms with van der Waals surface area (Å²) in [4.78, 5) is 2.78. The quantitative estimate of drug-likeness (QED) is 0.787. The van der Waals surface area contributed by atoms with Gasteiger partial charge >= 0.3 is 0 Å². The van der Waals surface area contributed by atoms with E-state index >= 15 is 0 Å². The van der Waals surface area contributed by atoms with Crippen LogP contribution in [0, 0.1) is 0 Å². The lowest BCUT2D eigenvalue weighted by Gasteiger charge is -2.31. The van der Waals surface area contributed by atoms with E-state index in [1.807, 2.05) is 0 Å². The Morgan fingerprint density at radius 3 is 2.88 bits per heavy atom. The van der Waals surface area contributed by atoms with Crippen LogP contribution in [0.25, 0.3) is 0 Å². The first-order chi connectivity index (χ1) is 8.29. The number of rotatable bonds is 6. The van der Waals surface area contributed by atoms with Gasteiger partial charge in [0.15, 0.2) is 0 Å². The standard InChI is InChI=1S/C14H28N2S/c1-3-4-8-16(10-13-6-5-7-15-13)14-9-12(2)17-11-14/h12-15H,3-11H2,1-2H3. The van der Waals surface area contributed by atoms with Crippen LogP contribution in [-0.4, -0.2) is 47.6 Å². The second-order valence-corrected chi connectivity index (χ2v) is 7.15. The Hall–Kier alpha value is 0.270. The Balaban J connectivity index is 1.83. The number of thioether (sulfide) groups is 1. The van der Waals surface area contributed by atoms with Crippen molar-refractivity contribution in [2.45, 2.75) is 63.3 Å². The molecule has 0 amide bonds. The van der Waals surface area contributed by atoms with Gasteiger partial charge in [-0.3, -0.25) is 4.90 Å². The fraction of sp³-hybridized carbons (Fsp3) is 1.00. The summed E-state index contributed by atoms with van der Waals surface area (Å²) in [5.41, 5.74) is 0.